The number of benzene rings is 2. The summed E-state index contributed by atoms with van der Waals surface area (Å²) in [7, 11) is -3.64. The van der Waals surface area contributed by atoms with E-state index in [2.05, 4.69) is 5.32 Å². The van der Waals surface area contributed by atoms with Crippen LogP contribution in [0.3, 0.4) is 0 Å². The molecule has 1 heterocycles. The Bertz CT molecular complexity index is 933. The van der Waals surface area contributed by atoms with Gasteiger partial charge in [0, 0.05) is 24.3 Å². The van der Waals surface area contributed by atoms with Crippen LogP contribution in [0.5, 0.6) is 0 Å². The number of hydrogen-bond donors (Lipinski definition) is 2. The van der Waals surface area contributed by atoms with Gasteiger partial charge in [-0.3, -0.25) is 4.79 Å². The van der Waals surface area contributed by atoms with Crippen LogP contribution >= 0.6 is 0 Å². The maximum Gasteiger partial charge on any atom is 0.255 e. The zero-order valence-corrected chi connectivity index (χ0v) is 16.6. The van der Waals surface area contributed by atoms with Crippen LogP contribution in [0.2, 0.25) is 0 Å². The zero-order chi connectivity index (χ0) is 20.3. The standard InChI is InChI=1S/C20H24N2O5S/c1-14-11-22(12-15(2)27-14)28(25,26)19-8-6-17(7-9-19)20(24)21-18-5-3-4-16(10-18)13-23/h3-10,14-15,23H,11-13H2,1-2H3,(H,21,24)/t14-,15-/m0/s1. The lowest BCUT2D eigenvalue weighted by Gasteiger charge is -2.34. The first-order valence-electron chi connectivity index (χ1n) is 9.06. The van der Waals surface area contributed by atoms with Gasteiger partial charge in [-0.2, -0.15) is 4.31 Å². The molecule has 2 aromatic rings. The lowest BCUT2D eigenvalue weighted by atomic mass is 10.2. The Morgan fingerprint density at radius 1 is 1.14 bits per heavy atom. The second kappa shape index (κ2) is 8.40. The average Bonchev–Trinajstić information content (AvgIpc) is 2.67. The summed E-state index contributed by atoms with van der Waals surface area (Å²) < 4.78 is 32.7. The molecule has 7 nitrogen and oxygen atoms in total. The maximum absolute atomic E-state index is 12.9. The highest BCUT2D eigenvalue weighted by Gasteiger charge is 2.32. The molecule has 1 fully saturated rings. The smallest absolute Gasteiger partial charge is 0.255 e. The molecule has 0 radical (unpaired) electrons. The summed E-state index contributed by atoms with van der Waals surface area (Å²) in [5.41, 5.74) is 1.59. The number of sulfonamides is 1. The topological polar surface area (TPSA) is 95.9 Å². The second-order valence-electron chi connectivity index (χ2n) is 6.92. The molecular weight excluding hydrogens is 380 g/mol. The summed E-state index contributed by atoms with van der Waals surface area (Å²) in [6.45, 7) is 4.18. The van der Waals surface area contributed by atoms with Gasteiger partial charge in [0.1, 0.15) is 0 Å². The van der Waals surface area contributed by atoms with Crippen molar-refractivity contribution in [3.63, 3.8) is 0 Å². The molecule has 0 saturated carbocycles. The quantitative estimate of drug-likeness (QED) is 0.797. The summed E-state index contributed by atoms with van der Waals surface area (Å²) in [4.78, 5) is 12.6. The van der Waals surface area contributed by atoms with E-state index in [0.29, 0.717) is 29.9 Å². The minimum Gasteiger partial charge on any atom is -0.392 e. The summed E-state index contributed by atoms with van der Waals surface area (Å²) in [6, 6.07) is 12.8. The maximum atomic E-state index is 12.9. The van der Waals surface area contributed by atoms with Crippen molar-refractivity contribution in [1.82, 2.24) is 4.31 Å². The van der Waals surface area contributed by atoms with Crippen molar-refractivity contribution in [2.75, 3.05) is 18.4 Å². The van der Waals surface area contributed by atoms with Crippen LogP contribution < -0.4 is 5.32 Å². The van der Waals surface area contributed by atoms with Gasteiger partial charge >= 0.3 is 0 Å². The van der Waals surface area contributed by atoms with Crippen molar-refractivity contribution < 1.29 is 23.1 Å². The molecule has 150 valence electrons. The number of hydrogen-bond acceptors (Lipinski definition) is 5. The van der Waals surface area contributed by atoms with Gasteiger partial charge in [-0.25, -0.2) is 8.42 Å². The van der Waals surface area contributed by atoms with Crippen LogP contribution in [0.15, 0.2) is 53.4 Å². The summed E-state index contributed by atoms with van der Waals surface area (Å²) in [6.07, 6.45) is -0.337. The van der Waals surface area contributed by atoms with E-state index >= 15 is 0 Å². The van der Waals surface area contributed by atoms with E-state index in [1.165, 1.54) is 28.6 Å². The predicted molar refractivity (Wildman–Crippen MR) is 106 cm³/mol. The molecule has 3 rings (SSSR count). The normalized spacial score (nSPS) is 20.7. The van der Waals surface area contributed by atoms with E-state index in [0.717, 1.165) is 0 Å². The zero-order valence-electron chi connectivity index (χ0n) is 15.8. The van der Waals surface area contributed by atoms with E-state index in [4.69, 9.17) is 4.74 Å². The first kappa shape index (κ1) is 20.5. The number of aliphatic hydroxyl groups excluding tert-OH is 1. The first-order chi connectivity index (χ1) is 13.3. The Labute approximate surface area is 165 Å². The third-order valence-corrected chi connectivity index (χ3v) is 6.35. The molecule has 1 saturated heterocycles. The highest BCUT2D eigenvalue weighted by atomic mass is 32.2. The molecule has 2 N–H and O–H groups in total. The van der Waals surface area contributed by atoms with Gasteiger partial charge in [0.15, 0.2) is 0 Å². The number of rotatable bonds is 5. The summed E-state index contributed by atoms with van der Waals surface area (Å²) in [5.74, 6) is -0.354. The van der Waals surface area contributed by atoms with Crippen LogP contribution in [0, 0.1) is 0 Å². The van der Waals surface area contributed by atoms with E-state index in [1.807, 2.05) is 13.8 Å². The molecule has 2 atom stereocenters. The molecule has 1 aliphatic heterocycles. The number of amides is 1. The Kier molecular flexibility index (Phi) is 6.14. The highest BCUT2D eigenvalue weighted by Crippen LogP contribution is 2.22. The van der Waals surface area contributed by atoms with Crippen LogP contribution in [0.25, 0.3) is 0 Å². The van der Waals surface area contributed by atoms with Crippen molar-refractivity contribution in [3.05, 3.63) is 59.7 Å². The number of carbonyl (C=O) groups is 1. The largest absolute Gasteiger partial charge is 0.392 e. The fraction of sp³-hybridized carbons (Fsp3) is 0.350. The fourth-order valence-electron chi connectivity index (χ4n) is 3.21. The minimum absolute atomic E-state index is 0.116. The Morgan fingerprint density at radius 3 is 2.39 bits per heavy atom. The van der Waals surface area contributed by atoms with Crippen molar-refractivity contribution in [1.29, 1.82) is 0 Å². The van der Waals surface area contributed by atoms with Crippen LogP contribution in [-0.4, -0.2) is 49.0 Å². The lowest BCUT2D eigenvalue weighted by Crippen LogP contribution is -2.48. The number of carbonyl (C=O) groups excluding carboxylic acids is 1. The molecule has 28 heavy (non-hydrogen) atoms. The van der Waals surface area contributed by atoms with Crippen molar-refractivity contribution in [2.24, 2.45) is 0 Å². The van der Waals surface area contributed by atoms with Crippen LogP contribution in [0.1, 0.15) is 29.8 Å². The minimum atomic E-state index is -3.64. The van der Waals surface area contributed by atoms with Gasteiger partial charge in [0.25, 0.3) is 5.91 Å². The Hall–Kier alpha value is -2.26. The molecule has 0 aliphatic carbocycles. The van der Waals surface area contributed by atoms with Gasteiger partial charge in [-0.05, 0) is 55.8 Å². The van der Waals surface area contributed by atoms with Gasteiger partial charge in [-0.1, -0.05) is 12.1 Å². The molecule has 8 heteroatoms. The van der Waals surface area contributed by atoms with E-state index in [1.54, 1.807) is 24.3 Å². The fourth-order valence-corrected chi connectivity index (χ4v) is 4.80. The van der Waals surface area contributed by atoms with Crippen molar-refractivity contribution >= 4 is 21.6 Å². The Morgan fingerprint density at radius 2 is 1.79 bits per heavy atom. The van der Waals surface area contributed by atoms with Gasteiger partial charge in [0.05, 0.1) is 23.7 Å². The average molecular weight is 404 g/mol. The summed E-state index contributed by atoms with van der Waals surface area (Å²) >= 11 is 0. The van der Waals surface area contributed by atoms with Gasteiger partial charge in [0.2, 0.25) is 10.0 Å². The lowest BCUT2D eigenvalue weighted by molar-refractivity contribution is -0.0440. The SMILES string of the molecule is C[C@H]1CN(S(=O)(=O)c2ccc(C(=O)Nc3cccc(CO)c3)cc2)C[C@H](C)O1. The first-order valence-corrected chi connectivity index (χ1v) is 10.5. The van der Waals surface area contributed by atoms with Crippen molar-refractivity contribution in [2.45, 2.75) is 37.6 Å². The van der Waals surface area contributed by atoms with Gasteiger partial charge in [-0.15, -0.1) is 0 Å². The van der Waals surface area contributed by atoms with Crippen LogP contribution in [-0.2, 0) is 21.4 Å². The predicted octanol–water partition coefficient (Wildman–Crippen LogP) is 2.23. The number of morpholine rings is 1. The van der Waals surface area contributed by atoms with Crippen LogP contribution in [0.4, 0.5) is 5.69 Å². The molecule has 2 aromatic carbocycles. The third kappa shape index (κ3) is 4.59. The molecule has 0 bridgehead atoms. The number of ether oxygens (including phenoxy) is 1. The molecule has 0 aromatic heterocycles. The monoisotopic (exact) mass is 404 g/mol. The van der Waals surface area contributed by atoms with E-state index < -0.39 is 10.0 Å². The van der Waals surface area contributed by atoms with E-state index in [-0.39, 0.29) is 29.6 Å². The van der Waals surface area contributed by atoms with Crippen molar-refractivity contribution in [3.8, 4) is 0 Å². The number of nitrogens with one attached hydrogen (secondary N) is 1. The number of aliphatic hydroxyl groups is 1. The highest BCUT2D eigenvalue weighted by molar-refractivity contribution is 7.89. The molecule has 0 spiro atoms. The number of anilines is 1. The third-order valence-electron chi connectivity index (χ3n) is 4.51. The second-order valence-corrected chi connectivity index (χ2v) is 8.85. The molecule has 1 amide bonds. The molecule has 0 unspecified atom stereocenters. The number of nitrogens with zero attached hydrogens (tertiary/aromatic N) is 1. The van der Waals surface area contributed by atoms with E-state index in [9.17, 15) is 18.3 Å². The Balaban J connectivity index is 1.74. The summed E-state index contributed by atoms with van der Waals surface area (Å²) in [5, 5.41) is 11.9. The molecular formula is C20H24N2O5S. The molecule has 1 aliphatic rings. The van der Waals surface area contributed by atoms with Gasteiger partial charge < -0.3 is 15.2 Å².